The molecule has 0 aliphatic carbocycles. The molecule has 1 aromatic carbocycles. The summed E-state index contributed by atoms with van der Waals surface area (Å²) in [5, 5.41) is 2.99. The lowest BCUT2D eigenvalue weighted by atomic mass is 10.2. The molecule has 0 aliphatic heterocycles. The molecular formula is C11H10FN3. The summed E-state index contributed by atoms with van der Waals surface area (Å²) in [6.07, 6.45) is 4.78. The van der Waals surface area contributed by atoms with Crippen LogP contribution >= 0.6 is 0 Å². The molecule has 0 spiro atoms. The molecule has 2 aromatic rings. The highest BCUT2D eigenvalue weighted by Crippen LogP contribution is 2.08. The Hall–Kier alpha value is -1.97. The van der Waals surface area contributed by atoms with Crippen LogP contribution < -0.4 is 5.32 Å². The third kappa shape index (κ3) is 2.49. The van der Waals surface area contributed by atoms with Gasteiger partial charge in [0, 0.05) is 24.5 Å². The van der Waals surface area contributed by atoms with Crippen LogP contribution in [0.3, 0.4) is 0 Å². The van der Waals surface area contributed by atoms with Gasteiger partial charge in [-0.25, -0.2) is 9.37 Å². The minimum absolute atomic E-state index is 0.214. The van der Waals surface area contributed by atoms with E-state index in [0.717, 1.165) is 0 Å². The average Bonchev–Trinajstić information content (AvgIpc) is 2.29. The van der Waals surface area contributed by atoms with Crippen LogP contribution in [0.25, 0.3) is 0 Å². The maximum atomic E-state index is 13.2. The van der Waals surface area contributed by atoms with Crippen LogP contribution in [0.4, 0.5) is 10.2 Å². The van der Waals surface area contributed by atoms with Crippen molar-refractivity contribution >= 4 is 5.82 Å². The van der Waals surface area contributed by atoms with E-state index in [0.29, 0.717) is 17.9 Å². The minimum atomic E-state index is -0.214. The molecular weight excluding hydrogens is 193 g/mol. The second-order valence-corrected chi connectivity index (χ2v) is 3.04. The number of nitrogens with zero attached hydrogens (tertiary/aromatic N) is 2. The fourth-order valence-corrected chi connectivity index (χ4v) is 1.22. The zero-order valence-electron chi connectivity index (χ0n) is 8.02. The Balaban J connectivity index is 2.03. The van der Waals surface area contributed by atoms with E-state index in [1.807, 2.05) is 0 Å². The van der Waals surface area contributed by atoms with Gasteiger partial charge in [-0.2, -0.15) is 0 Å². The fraction of sp³-hybridized carbons (Fsp3) is 0.0909. The maximum Gasteiger partial charge on any atom is 0.144 e. The van der Waals surface area contributed by atoms with Crippen LogP contribution in [0.1, 0.15) is 5.56 Å². The van der Waals surface area contributed by atoms with Gasteiger partial charge in [0.25, 0.3) is 0 Å². The molecule has 0 bridgehead atoms. The lowest BCUT2D eigenvalue weighted by molar-refractivity contribution is 0.613. The Morgan fingerprint density at radius 2 is 2.07 bits per heavy atom. The van der Waals surface area contributed by atoms with Crippen molar-refractivity contribution in [3.8, 4) is 0 Å². The zero-order valence-corrected chi connectivity index (χ0v) is 8.02. The molecule has 76 valence electrons. The summed E-state index contributed by atoms with van der Waals surface area (Å²) in [7, 11) is 0. The van der Waals surface area contributed by atoms with Crippen molar-refractivity contribution in [2.24, 2.45) is 0 Å². The normalized spacial score (nSPS) is 9.93. The van der Waals surface area contributed by atoms with Crippen LogP contribution in [-0.2, 0) is 6.54 Å². The van der Waals surface area contributed by atoms with Gasteiger partial charge in [0.05, 0.1) is 6.20 Å². The average molecular weight is 203 g/mol. The number of rotatable bonds is 3. The summed E-state index contributed by atoms with van der Waals surface area (Å²) in [6.45, 7) is 0.408. The lowest BCUT2D eigenvalue weighted by Crippen LogP contribution is -2.03. The van der Waals surface area contributed by atoms with E-state index in [-0.39, 0.29) is 5.82 Å². The van der Waals surface area contributed by atoms with Crippen molar-refractivity contribution in [2.45, 2.75) is 6.54 Å². The zero-order chi connectivity index (χ0) is 10.5. The van der Waals surface area contributed by atoms with Gasteiger partial charge in [-0.3, -0.25) is 4.98 Å². The molecule has 1 aromatic heterocycles. The highest BCUT2D eigenvalue weighted by molar-refractivity contribution is 5.32. The molecule has 3 nitrogen and oxygen atoms in total. The van der Waals surface area contributed by atoms with Gasteiger partial charge in [0.1, 0.15) is 11.6 Å². The molecule has 0 aliphatic rings. The van der Waals surface area contributed by atoms with Gasteiger partial charge in [-0.05, 0) is 6.07 Å². The maximum absolute atomic E-state index is 13.2. The molecule has 2 rings (SSSR count). The molecule has 0 fully saturated rings. The van der Waals surface area contributed by atoms with Gasteiger partial charge in [0.15, 0.2) is 0 Å². The van der Waals surface area contributed by atoms with Gasteiger partial charge >= 0.3 is 0 Å². The summed E-state index contributed by atoms with van der Waals surface area (Å²) in [5.74, 6) is 0.426. The van der Waals surface area contributed by atoms with E-state index in [1.54, 1.807) is 36.8 Å². The summed E-state index contributed by atoms with van der Waals surface area (Å²) < 4.78 is 13.2. The number of hydrogen-bond donors (Lipinski definition) is 1. The summed E-state index contributed by atoms with van der Waals surface area (Å²) >= 11 is 0. The lowest BCUT2D eigenvalue weighted by Gasteiger charge is -2.05. The van der Waals surface area contributed by atoms with E-state index >= 15 is 0 Å². The Bertz CT molecular complexity index is 431. The number of aromatic nitrogens is 2. The quantitative estimate of drug-likeness (QED) is 0.831. The molecule has 1 N–H and O–H groups in total. The number of halogens is 1. The van der Waals surface area contributed by atoms with Crippen LogP contribution in [0, 0.1) is 5.82 Å². The molecule has 0 saturated heterocycles. The molecule has 0 amide bonds. The Morgan fingerprint density at radius 3 is 2.80 bits per heavy atom. The number of nitrogens with one attached hydrogen (secondary N) is 1. The van der Waals surface area contributed by atoms with Crippen molar-refractivity contribution in [1.29, 1.82) is 0 Å². The largest absolute Gasteiger partial charge is 0.365 e. The predicted molar refractivity (Wildman–Crippen MR) is 55.8 cm³/mol. The molecule has 0 atom stereocenters. The van der Waals surface area contributed by atoms with Crippen LogP contribution in [0.2, 0.25) is 0 Å². The third-order valence-corrected chi connectivity index (χ3v) is 1.98. The van der Waals surface area contributed by atoms with Gasteiger partial charge < -0.3 is 5.32 Å². The summed E-state index contributed by atoms with van der Waals surface area (Å²) in [5.41, 5.74) is 0.614. The summed E-state index contributed by atoms with van der Waals surface area (Å²) in [6, 6.07) is 6.64. The standard InChI is InChI=1S/C11H10FN3/c12-10-4-2-1-3-9(10)7-15-11-8-13-5-6-14-11/h1-6,8H,7H2,(H,14,15). The van der Waals surface area contributed by atoms with E-state index in [9.17, 15) is 4.39 Å². The number of hydrogen-bond acceptors (Lipinski definition) is 3. The van der Waals surface area contributed by atoms with Crippen molar-refractivity contribution in [3.05, 3.63) is 54.2 Å². The first-order valence-corrected chi connectivity index (χ1v) is 4.59. The van der Waals surface area contributed by atoms with E-state index in [4.69, 9.17) is 0 Å². The molecule has 0 unspecified atom stereocenters. The van der Waals surface area contributed by atoms with Crippen molar-refractivity contribution in [1.82, 2.24) is 9.97 Å². The highest BCUT2D eigenvalue weighted by atomic mass is 19.1. The Kier molecular flexibility index (Phi) is 2.88. The first kappa shape index (κ1) is 9.58. The SMILES string of the molecule is Fc1ccccc1CNc1cnccn1. The van der Waals surface area contributed by atoms with E-state index in [1.165, 1.54) is 6.07 Å². The molecule has 0 saturated carbocycles. The fourth-order valence-electron chi connectivity index (χ4n) is 1.22. The van der Waals surface area contributed by atoms with Crippen molar-refractivity contribution in [2.75, 3.05) is 5.32 Å². The van der Waals surface area contributed by atoms with Gasteiger partial charge in [-0.15, -0.1) is 0 Å². The smallest absolute Gasteiger partial charge is 0.144 e. The van der Waals surface area contributed by atoms with Crippen LogP contribution in [-0.4, -0.2) is 9.97 Å². The number of benzene rings is 1. The second kappa shape index (κ2) is 4.50. The third-order valence-electron chi connectivity index (χ3n) is 1.98. The Labute approximate surface area is 87.0 Å². The monoisotopic (exact) mass is 203 g/mol. The predicted octanol–water partition coefficient (Wildman–Crippen LogP) is 2.23. The van der Waals surface area contributed by atoms with Crippen molar-refractivity contribution < 1.29 is 4.39 Å². The summed E-state index contributed by atoms with van der Waals surface area (Å²) in [4.78, 5) is 7.93. The molecule has 4 heteroatoms. The van der Waals surface area contributed by atoms with Crippen molar-refractivity contribution in [3.63, 3.8) is 0 Å². The minimum Gasteiger partial charge on any atom is -0.365 e. The highest BCUT2D eigenvalue weighted by Gasteiger charge is 1.99. The topological polar surface area (TPSA) is 37.8 Å². The van der Waals surface area contributed by atoms with Crippen LogP contribution in [0.5, 0.6) is 0 Å². The first-order valence-electron chi connectivity index (χ1n) is 4.59. The van der Waals surface area contributed by atoms with Gasteiger partial charge in [0.2, 0.25) is 0 Å². The van der Waals surface area contributed by atoms with E-state index < -0.39 is 0 Å². The number of anilines is 1. The Morgan fingerprint density at radius 1 is 1.20 bits per heavy atom. The molecule has 0 radical (unpaired) electrons. The molecule has 1 heterocycles. The van der Waals surface area contributed by atoms with E-state index in [2.05, 4.69) is 15.3 Å². The van der Waals surface area contributed by atoms with Gasteiger partial charge in [-0.1, -0.05) is 18.2 Å². The molecule has 15 heavy (non-hydrogen) atoms. The second-order valence-electron chi connectivity index (χ2n) is 3.04. The first-order chi connectivity index (χ1) is 7.36. The van der Waals surface area contributed by atoms with Crippen LogP contribution in [0.15, 0.2) is 42.9 Å².